The Hall–Kier alpha value is -1.69. The summed E-state index contributed by atoms with van der Waals surface area (Å²) in [6.07, 6.45) is -2.31. The van der Waals surface area contributed by atoms with Crippen LogP contribution in [-0.4, -0.2) is 32.1 Å². The fraction of sp³-hybridized carbons (Fsp3) is 0.417. The highest BCUT2D eigenvalue weighted by molar-refractivity contribution is 5.80. The average Bonchev–Trinajstić information content (AvgIpc) is 2.31. The number of hydrogen-bond acceptors (Lipinski definition) is 3. The van der Waals surface area contributed by atoms with Crippen LogP contribution in [0.4, 0.5) is 14.5 Å². The molecular formula is C12H16F2N2O2. The van der Waals surface area contributed by atoms with Crippen molar-refractivity contribution in [3.63, 3.8) is 0 Å². The van der Waals surface area contributed by atoms with E-state index in [2.05, 4.69) is 10.1 Å². The number of nitrogen functional groups attached to an aromatic ring is 1. The Balaban J connectivity index is 2.20. The summed E-state index contributed by atoms with van der Waals surface area (Å²) in [5.41, 5.74) is 6.99. The van der Waals surface area contributed by atoms with Crippen molar-refractivity contribution in [2.24, 2.45) is 0 Å². The molecule has 18 heavy (non-hydrogen) atoms. The minimum Gasteiger partial charge on any atom is -0.398 e. The van der Waals surface area contributed by atoms with Crippen LogP contribution in [0.1, 0.15) is 5.56 Å². The van der Waals surface area contributed by atoms with Gasteiger partial charge in [-0.05, 0) is 11.6 Å². The molecule has 0 saturated carbocycles. The van der Waals surface area contributed by atoms with Gasteiger partial charge in [0.15, 0.2) is 0 Å². The van der Waals surface area contributed by atoms with Crippen LogP contribution >= 0.6 is 0 Å². The van der Waals surface area contributed by atoms with Crippen LogP contribution in [0.25, 0.3) is 0 Å². The summed E-state index contributed by atoms with van der Waals surface area (Å²) in [6, 6.07) is 7.07. The molecule has 0 heterocycles. The van der Waals surface area contributed by atoms with Crippen molar-refractivity contribution in [1.82, 2.24) is 5.32 Å². The van der Waals surface area contributed by atoms with Gasteiger partial charge >= 0.3 is 0 Å². The van der Waals surface area contributed by atoms with E-state index in [1.165, 1.54) is 0 Å². The zero-order valence-electron chi connectivity index (χ0n) is 9.86. The van der Waals surface area contributed by atoms with Gasteiger partial charge in [-0.2, -0.15) is 0 Å². The fourth-order valence-corrected chi connectivity index (χ4v) is 1.37. The Morgan fingerprint density at radius 1 is 1.39 bits per heavy atom. The van der Waals surface area contributed by atoms with Crippen molar-refractivity contribution >= 4 is 11.6 Å². The number of halogens is 2. The Morgan fingerprint density at radius 2 is 2.11 bits per heavy atom. The van der Waals surface area contributed by atoms with Gasteiger partial charge in [-0.15, -0.1) is 0 Å². The van der Waals surface area contributed by atoms with Gasteiger partial charge in [0.05, 0.1) is 13.0 Å². The van der Waals surface area contributed by atoms with Crippen LogP contribution < -0.4 is 11.1 Å². The number of carbonyl (C=O) groups excluding carboxylic acids is 1. The van der Waals surface area contributed by atoms with E-state index < -0.39 is 13.0 Å². The quantitative estimate of drug-likeness (QED) is 0.570. The van der Waals surface area contributed by atoms with Crippen molar-refractivity contribution < 1.29 is 18.3 Å². The van der Waals surface area contributed by atoms with Gasteiger partial charge in [-0.3, -0.25) is 4.79 Å². The number of anilines is 1. The molecule has 0 atom stereocenters. The zero-order chi connectivity index (χ0) is 13.4. The number of para-hydroxylation sites is 1. The molecule has 6 heteroatoms. The molecule has 0 aromatic heterocycles. The predicted molar refractivity (Wildman–Crippen MR) is 64.4 cm³/mol. The summed E-state index contributed by atoms with van der Waals surface area (Å²) in [6.45, 7) is -0.333. The fourth-order valence-electron chi connectivity index (χ4n) is 1.37. The SMILES string of the molecule is Nc1ccccc1CC(=O)NCCOCC(F)F. The van der Waals surface area contributed by atoms with E-state index in [0.717, 1.165) is 5.56 Å². The van der Waals surface area contributed by atoms with E-state index in [9.17, 15) is 13.6 Å². The van der Waals surface area contributed by atoms with Gasteiger partial charge in [0.1, 0.15) is 6.61 Å². The lowest BCUT2D eigenvalue weighted by Gasteiger charge is -2.07. The maximum Gasteiger partial charge on any atom is 0.261 e. The standard InChI is InChI=1S/C12H16F2N2O2/c13-11(14)8-18-6-5-16-12(17)7-9-3-1-2-4-10(9)15/h1-4,11H,5-8,15H2,(H,16,17). The summed E-state index contributed by atoms with van der Waals surface area (Å²) in [5, 5.41) is 2.57. The number of nitrogens with one attached hydrogen (secondary N) is 1. The first-order valence-corrected chi connectivity index (χ1v) is 5.55. The van der Waals surface area contributed by atoms with E-state index in [0.29, 0.717) is 5.69 Å². The van der Waals surface area contributed by atoms with Gasteiger partial charge in [-0.25, -0.2) is 8.78 Å². The average molecular weight is 258 g/mol. The first kappa shape index (κ1) is 14.4. The number of nitrogens with two attached hydrogens (primary N) is 1. The van der Waals surface area contributed by atoms with Crippen LogP contribution in [0, 0.1) is 0 Å². The zero-order valence-corrected chi connectivity index (χ0v) is 9.86. The summed E-state index contributed by atoms with van der Waals surface area (Å²) in [4.78, 5) is 11.5. The van der Waals surface area contributed by atoms with Crippen molar-refractivity contribution in [2.75, 3.05) is 25.5 Å². The summed E-state index contributed by atoms with van der Waals surface area (Å²) >= 11 is 0. The van der Waals surface area contributed by atoms with Crippen LogP contribution in [0.3, 0.4) is 0 Å². The maximum absolute atomic E-state index is 11.7. The number of hydrogen-bond donors (Lipinski definition) is 2. The van der Waals surface area contributed by atoms with Crippen molar-refractivity contribution in [2.45, 2.75) is 12.8 Å². The molecule has 0 unspecified atom stereocenters. The molecule has 0 radical (unpaired) electrons. The van der Waals surface area contributed by atoms with E-state index in [4.69, 9.17) is 5.73 Å². The second-order valence-corrected chi connectivity index (χ2v) is 3.69. The number of ether oxygens (including phenoxy) is 1. The third kappa shape index (κ3) is 5.58. The highest BCUT2D eigenvalue weighted by Gasteiger charge is 2.06. The van der Waals surface area contributed by atoms with Gasteiger partial charge in [0.2, 0.25) is 5.91 Å². The second-order valence-electron chi connectivity index (χ2n) is 3.69. The van der Waals surface area contributed by atoms with Crippen LogP contribution in [-0.2, 0) is 16.0 Å². The van der Waals surface area contributed by atoms with Gasteiger partial charge in [0, 0.05) is 12.2 Å². The molecule has 0 aliphatic carbocycles. The summed E-state index contributed by atoms with van der Waals surface area (Å²) in [5.74, 6) is -0.214. The first-order valence-electron chi connectivity index (χ1n) is 5.55. The lowest BCUT2D eigenvalue weighted by Crippen LogP contribution is -2.29. The van der Waals surface area contributed by atoms with Crippen LogP contribution in [0.5, 0.6) is 0 Å². The first-order chi connectivity index (χ1) is 8.59. The molecule has 0 saturated heterocycles. The molecule has 0 fully saturated rings. The van der Waals surface area contributed by atoms with Crippen LogP contribution in [0.15, 0.2) is 24.3 Å². The molecule has 1 aromatic carbocycles. The Kier molecular flexibility index (Phi) is 6.07. The van der Waals surface area contributed by atoms with Gasteiger partial charge < -0.3 is 15.8 Å². The van der Waals surface area contributed by atoms with Crippen LogP contribution in [0.2, 0.25) is 0 Å². The predicted octanol–water partition coefficient (Wildman–Crippen LogP) is 1.21. The normalized spacial score (nSPS) is 10.6. The highest BCUT2D eigenvalue weighted by Crippen LogP contribution is 2.10. The number of rotatable bonds is 7. The molecule has 1 rings (SSSR count). The minimum atomic E-state index is -2.48. The third-order valence-corrected chi connectivity index (χ3v) is 2.22. The summed E-state index contributed by atoms with van der Waals surface area (Å²) in [7, 11) is 0. The Labute approximate surface area is 104 Å². The molecule has 1 amide bonds. The molecular weight excluding hydrogens is 242 g/mol. The number of carbonyl (C=O) groups is 1. The van der Waals surface area contributed by atoms with E-state index in [1.807, 2.05) is 0 Å². The smallest absolute Gasteiger partial charge is 0.261 e. The molecule has 4 nitrogen and oxygen atoms in total. The largest absolute Gasteiger partial charge is 0.398 e. The lowest BCUT2D eigenvalue weighted by atomic mass is 10.1. The topological polar surface area (TPSA) is 64.4 Å². The lowest BCUT2D eigenvalue weighted by molar-refractivity contribution is -0.120. The van der Waals surface area contributed by atoms with Crippen molar-refractivity contribution in [3.05, 3.63) is 29.8 Å². The molecule has 0 bridgehead atoms. The molecule has 0 aliphatic rings. The molecule has 0 spiro atoms. The second kappa shape index (κ2) is 7.60. The molecule has 100 valence electrons. The minimum absolute atomic E-state index is 0.0698. The number of alkyl halides is 2. The number of amides is 1. The van der Waals surface area contributed by atoms with E-state index in [-0.39, 0.29) is 25.5 Å². The third-order valence-electron chi connectivity index (χ3n) is 2.22. The van der Waals surface area contributed by atoms with E-state index in [1.54, 1.807) is 24.3 Å². The summed E-state index contributed by atoms with van der Waals surface area (Å²) < 4.78 is 28.1. The Morgan fingerprint density at radius 3 is 2.78 bits per heavy atom. The molecule has 1 aromatic rings. The van der Waals surface area contributed by atoms with Gasteiger partial charge in [0.25, 0.3) is 6.43 Å². The molecule has 3 N–H and O–H groups in total. The van der Waals surface area contributed by atoms with Crippen molar-refractivity contribution in [3.8, 4) is 0 Å². The highest BCUT2D eigenvalue weighted by atomic mass is 19.3. The maximum atomic E-state index is 11.7. The van der Waals surface area contributed by atoms with E-state index >= 15 is 0 Å². The van der Waals surface area contributed by atoms with Crippen molar-refractivity contribution in [1.29, 1.82) is 0 Å². The monoisotopic (exact) mass is 258 g/mol. The Bertz CT molecular complexity index is 386. The van der Waals surface area contributed by atoms with Gasteiger partial charge in [-0.1, -0.05) is 18.2 Å². The molecule has 0 aliphatic heterocycles. The number of benzene rings is 1.